The molecule has 0 aliphatic carbocycles. The summed E-state index contributed by atoms with van der Waals surface area (Å²) in [7, 11) is 3.30. The average Bonchev–Trinajstić information content (AvgIpc) is 3.14. The van der Waals surface area contributed by atoms with Gasteiger partial charge in [0.1, 0.15) is 6.42 Å². The third-order valence-corrected chi connectivity index (χ3v) is 6.02. The Labute approximate surface area is 203 Å². The van der Waals surface area contributed by atoms with E-state index in [4.69, 9.17) is 0 Å². The highest BCUT2D eigenvalue weighted by molar-refractivity contribution is 9.10. The lowest BCUT2D eigenvalue weighted by Crippen LogP contribution is -2.01. The third kappa shape index (κ3) is 4.31. The molecular weight excluding hydrogens is 560 g/mol. The van der Waals surface area contributed by atoms with Crippen molar-refractivity contribution in [3.8, 4) is 11.8 Å². The van der Waals surface area contributed by atoms with E-state index in [9.17, 15) is 19.8 Å². The predicted molar refractivity (Wildman–Crippen MR) is 128 cm³/mol. The van der Waals surface area contributed by atoms with Crippen molar-refractivity contribution in [1.82, 2.24) is 9.13 Å². The Bertz CT molecular complexity index is 1390. The van der Waals surface area contributed by atoms with Gasteiger partial charge in [0.2, 0.25) is 11.8 Å². The number of aromatic nitrogens is 2. The SMILES string of the molecule is Cn1c(O)c(N=NC(=O)CC(=O)N=Nc2c(O)n(C)c3ccc(Br)cc23)c2cc(Br)ccc21. The molecule has 0 spiro atoms. The Morgan fingerprint density at radius 1 is 0.788 bits per heavy atom. The summed E-state index contributed by atoms with van der Waals surface area (Å²) >= 11 is 6.71. The van der Waals surface area contributed by atoms with Crippen molar-refractivity contribution in [3.63, 3.8) is 0 Å². The summed E-state index contributed by atoms with van der Waals surface area (Å²) in [6.45, 7) is 0. The zero-order valence-electron chi connectivity index (χ0n) is 17.3. The fourth-order valence-electron chi connectivity index (χ4n) is 3.38. The van der Waals surface area contributed by atoms with Crippen LogP contribution in [0.4, 0.5) is 11.4 Å². The van der Waals surface area contributed by atoms with Crippen LogP contribution in [0, 0.1) is 0 Å². The highest BCUT2D eigenvalue weighted by atomic mass is 79.9. The van der Waals surface area contributed by atoms with Gasteiger partial charge in [-0.2, -0.15) is 0 Å². The van der Waals surface area contributed by atoms with Gasteiger partial charge in [0.15, 0.2) is 11.4 Å². The van der Waals surface area contributed by atoms with Crippen LogP contribution in [0.2, 0.25) is 0 Å². The largest absolute Gasteiger partial charge is 0.493 e. The van der Waals surface area contributed by atoms with E-state index in [2.05, 4.69) is 52.3 Å². The number of fused-ring (bicyclic) bond motifs is 2. The van der Waals surface area contributed by atoms with Crippen LogP contribution in [0.25, 0.3) is 21.8 Å². The van der Waals surface area contributed by atoms with Crippen LogP contribution in [0.1, 0.15) is 6.42 Å². The molecule has 0 aliphatic rings. The summed E-state index contributed by atoms with van der Waals surface area (Å²) in [4.78, 5) is 24.3. The molecule has 4 aromatic rings. The molecule has 2 aromatic heterocycles. The Balaban J connectivity index is 1.52. The zero-order valence-corrected chi connectivity index (χ0v) is 20.5. The predicted octanol–water partition coefficient (Wildman–Crippen LogP) is 5.92. The summed E-state index contributed by atoms with van der Waals surface area (Å²) in [5, 5.41) is 36.6. The topological polar surface area (TPSA) is 134 Å². The maximum absolute atomic E-state index is 12.1. The van der Waals surface area contributed by atoms with Crippen molar-refractivity contribution in [3.05, 3.63) is 45.3 Å². The van der Waals surface area contributed by atoms with Gasteiger partial charge in [0, 0.05) is 33.8 Å². The smallest absolute Gasteiger partial charge is 0.274 e. The number of carbonyl (C=O) groups is 2. The monoisotopic (exact) mass is 574 g/mol. The number of nitrogens with zero attached hydrogens (tertiary/aromatic N) is 6. The fourth-order valence-corrected chi connectivity index (χ4v) is 4.10. The van der Waals surface area contributed by atoms with E-state index in [-0.39, 0.29) is 23.1 Å². The number of amides is 2. The van der Waals surface area contributed by atoms with E-state index in [0.29, 0.717) is 21.8 Å². The maximum atomic E-state index is 12.1. The number of azo groups is 2. The first-order chi connectivity index (χ1) is 15.7. The van der Waals surface area contributed by atoms with Crippen molar-refractivity contribution in [1.29, 1.82) is 0 Å². The highest BCUT2D eigenvalue weighted by Crippen LogP contribution is 2.40. The fraction of sp³-hybridized carbons (Fsp3) is 0.143. The molecule has 10 nitrogen and oxygen atoms in total. The van der Waals surface area contributed by atoms with Crippen LogP contribution in [0.3, 0.4) is 0 Å². The molecule has 0 saturated carbocycles. The molecule has 0 radical (unpaired) electrons. The molecule has 33 heavy (non-hydrogen) atoms. The molecule has 2 amide bonds. The van der Waals surface area contributed by atoms with Crippen molar-refractivity contribution in [2.75, 3.05) is 0 Å². The molecule has 168 valence electrons. The van der Waals surface area contributed by atoms with Gasteiger partial charge in [-0.05, 0) is 36.4 Å². The molecule has 2 heterocycles. The Morgan fingerprint density at radius 3 is 1.58 bits per heavy atom. The number of rotatable bonds is 4. The molecular formula is C21H16Br2N6O4. The van der Waals surface area contributed by atoms with Crippen LogP contribution in [-0.4, -0.2) is 31.2 Å². The lowest BCUT2D eigenvalue weighted by molar-refractivity contribution is -0.126. The summed E-state index contributed by atoms with van der Waals surface area (Å²) < 4.78 is 4.55. The Morgan fingerprint density at radius 2 is 1.18 bits per heavy atom. The molecule has 2 N–H and O–H groups in total. The van der Waals surface area contributed by atoms with Crippen molar-refractivity contribution in [2.24, 2.45) is 34.6 Å². The standard InChI is InChI=1S/C21H16Br2N6O4/c1-28-14-5-3-10(22)7-12(14)18(20(28)32)26-24-16(30)9-17(31)25-27-19-13-8-11(23)4-6-15(13)29(2)21(19)33/h3-8,32-33H,9H2,1-2H3. The minimum atomic E-state index is -0.852. The van der Waals surface area contributed by atoms with E-state index in [0.717, 1.165) is 8.95 Å². The number of benzene rings is 2. The summed E-state index contributed by atoms with van der Waals surface area (Å²) in [5.41, 5.74) is 1.62. The molecule has 2 aromatic carbocycles. The lowest BCUT2D eigenvalue weighted by atomic mass is 10.2. The van der Waals surface area contributed by atoms with E-state index < -0.39 is 18.2 Å². The Hall–Kier alpha value is -3.38. The summed E-state index contributed by atoms with van der Waals surface area (Å²) in [6.07, 6.45) is -0.669. The van der Waals surface area contributed by atoms with E-state index in [1.807, 2.05) is 12.1 Å². The molecule has 0 fully saturated rings. The normalized spacial score (nSPS) is 12.0. The highest BCUT2D eigenvalue weighted by Gasteiger charge is 2.17. The van der Waals surface area contributed by atoms with Crippen molar-refractivity contribution in [2.45, 2.75) is 6.42 Å². The first kappa shape index (κ1) is 22.8. The second kappa shape index (κ2) is 8.87. The van der Waals surface area contributed by atoms with Gasteiger partial charge < -0.3 is 19.3 Å². The van der Waals surface area contributed by atoms with Gasteiger partial charge >= 0.3 is 0 Å². The minimum absolute atomic E-state index is 0.113. The van der Waals surface area contributed by atoms with Crippen molar-refractivity contribution < 1.29 is 19.8 Å². The molecule has 0 saturated heterocycles. The summed E-state index contributed by atoms with van der Waals surface area (Å²) in [5.74, 6) is -2.03. The second-order valence-corrected chi connectivity index (χ2v) is 8.98. The zero-order chi connectivity index (χ0) is 23.9. The molecule has 0 aliphatic heterocycles. The summed E-state index contributed by atoms with van der Waals surface area (Å²) in [6, 6.07) is 10.7. The number of aryl methyl sites for hydroxylation is 2. The number of hydrogen-bond acceptors (Lipinski definition) is 6. The molecule has 12 heteroatoms. The minimum Gasteiger partial charge on any atom is -0.493 e. The van der Waals surface area contributed by atoms with Crippen molar-refractivity contribution >= 4 is 76.9 Å². The number of aromatic hydroxyl groups is 2. The number of hydrogen-bond donors (Lipinski definition) is 2. The van der Waals surface area contributed by atoms with Gasteiger partial charge in [-0.3, -0.25) is 9.59 Å². The number of halogens is 2. The van der Waals surface area contributed by atoms with Crippen LogP contribution >= 0.6 is 31.9 Å². The lowest BCUT2D eigenvalue weighted by Gasteiger charge is -1.96. The molecule has 0 bridgehead atoms. The van der Waals surface area contributed by atoms with Crippen LogP contribution < -0.4 is 0 Å². The maximum Gasteiger partial charge on any atom is 0.274 e. The van der Waals surface area contributed by atoms with E-state index in [1.54, 1.807) is 38.4 Å². The third-order valence-electron chi connectivity index (χ3n) is 5.03. The van der Waals surface area contributed by atoms with Gasteiger partial charge in [0.25, 0.3) is 11.8 Å². The molecule has 4 rings (SSSR count). The van der Waals surface area contributed by atoms with Gasteiger partial charge in [-0.1, -0.05) is 31.9 Å². The van der Waals surface area contributed by atoms with Crippen LogP contribution in [0.15, 0.2) is 65.8 Å². The van der Waals surface area contributed by atoms with Crippen LogP contribution in [0.5, 0.6) is 11.8 Å². The van der Waals surface area contributed by atoms with E-state index in [1.165, 1.54) is 9.13 Å². The first-order valence-electron chi connectivity index (χ1n) is 9.50. The van der Waals surface area contributed by atoms with Gasteiger partial charge in [0.05, 0.1) is 11.0 Å². The quantitative estimate of drug-likeness (QED) is 0.231. The Kier molecular flexibility index (Phi) is 6.13. The second-order valence-electron chi connectivity index (χ2n) is 7.15. The van der Waals surface area contributed by atoms with Gasteiger partial charge in [-0.25, -0.2) is 0 Å². The van der Waals surface area contributed by atoms with Gasteiger partial charge in [-0.15, -0.1) is 20.5 Å². The first-order valence-corrected chi connectivity index (χ1v) is 11.1. The van der Waals surface area contributed by atoms with Crippen LogP contribution in [-0.2, 0) is 23.7 Å². The molecule has 0 atom stereocenters. The molecule has 0 unspecified atom stereocenters. The number of carbonyl (C=O) groups excluding carboxylic acids is 2. The average molecular weight is 576 g/mol. The van der Waals surface area contributed by atoms with E-state index >= 15 is 0 Å².